The first-order valence-corrected chi connectivity index (χ1v) is 9.95. The maximum Gasteiger partial charge on any atom is 0.251 e. The number of carbonyl (C=O) groups excluding carboxylic acids is 1. The maximum atomic E-state index is 14.2. The molecule has 0 bridgehead atoms. The summed E-state index contributed by atoms with van der Waals surface area (Å²) >= 11 is 0. The summed E-state index contributed by atoms with van der Waals surface area (Å²) in [5.41, 5.74) is 6.60. The molecule has 4 rings (SSSR count). The van der Waals surface area contributed by atoms with Gasteiger partial charge >= 0.3 is 0 Å². The molecular formula is C25H22BFN2O. The van der Waals surface area contributed by atoms with Gasteiger partial charge in [0.25, 0.3) is 5.91 Å². The van der Waals surface area contributed by atoms with E-state index in [4.69, 9.17) is 7.85 Å². The van der Waals surface area contributed by atoms with Crippen molar-refractivity contribution in [1.29, 1.82) is 0 Å². The van der Waals surface area contributed by atoms with E-state index in [-0.39, 0.29) is 11.7 Å². The fourth-order valence-electron chi connectivity index (χ4n) is 3.95. The van der Waals surface area contributed by atoms with Crippen LogP contribution < -0.4 is 10.8 Å². The van der Waals surface area contributed by atoms with Gasteiger partial charge in [-0.1, -0.05) is 54.0 Å². The number of aryl methyl sites for hydroxylation is 2. The number of H-pyrrole nitrogens is 1. The van der Waals surface area contributed by atoms with Gasteiger partial charge in [0.1, 0.15) is 13.7 Å². The summed E-state index contributed by atoms with van der Waals surface area (Å²) in [6, 6.07) is 18.2. The summed E-state index contributed by atoms with van der Waals surface area (Å²) in [4.78, 5) is 16.0. The van der Waals surface area contributed by atoms with Crippen molar-refractivity contribution >= 4 is 30.1 Å². The number of amides is 1. The van der Waals surface area contributed by atoms with Gasteiger partial charge in [-0.15, -0.1) is 0 Å². The minimum Gasteiger partial charge on any atom is -0.356 e. The SMILES string of the molecule is [B]c1ccc(-c2ccccc2C(=O)NCCc2c(C)[nH]c3c(F)ccc(C)c23)cc1. The van der Waals surface area contributed by atoms with Crippen LogP contribution in [-0.2, 0) is 6.42 Å². The van der Waals surface area contributed by atoms with E-state index in [1.807, 2.05) is 62.4 Å². The minimum atomic E-state index is -0.258. The number of fused-ring (bicyclic) bond motifs is 1. The van der Waals surface area contributed by atoms with Crippen molar-refractivity contribution in [3.05, 3.63) is 88.9 Å². The van der Waals surface area contributed by atoms with Crippen molar-refractivity contribution in [3.63, 3.8) is 0 Å². The molecule has 30 heavy (non-hydrogen) atoms. The van der Waals surface area contributed by atoms with E-state index in [0.717, 1.165) is 33.3 Å². The van der Waals surface area contributed by atoms with E-state index in [1.54, 1.807) is 6.07 Å². The number of aromatic amines is 1. The van der Waals surface area contributed by atoms with E-state index >= 15 is 0 Å². The number of nitrogens with one attached hydrogen (secondary N) is 2. The van der Waals surface area contributed by atoms with E-state index in [2.05, 4.69) is 10.3 Å². The number of hydrogen-bond donors (Lipinski definition) is 2. The smallest absolute Gasteiger partial charge is 0.251 e. The number of aromatic nitrogens is 1. The van der Waals surface area contributed by atoms with E-state index in [0.29, 0.717) is 29.5 Å². The Labute approximate surface area is 176 Å². The third kappa shape index (κ3) is 3.75. The van der Waals surface area contributed by atoms with Gasteiger partial charge in [-0.05, 0) is 54.7 Å². The lowest BCUT2D eigenvalue weighted by Crippen LogP contribution is -2.26. The van der Waals surface area contributed by atoms with Gasteiger partial charge in [-0.25, -0.2) is 4.39 Å². The summed E-state index contributed by atoms with van der Waals surface area (Å²) < 4.78 is 14.2. The zero-order valence-corrected chi connectivity index (χ0v) is 17.1. The Morgan fingerprint density at radius 1 is 1.03 bits per heavy atom. The van der Waals surface area contributed by atoms with Crippen LogP contribution in [0.3, 0.4) is 0 Å². The molecule has 0 aliphatic carbocycles. The standard InChI is InChI=1S/C25H22BFN2O/c1-15-7-12-22(27)24-23(15)19(16(2)29-24)13-14-28-25(30)21-6-4-3-5-20(21)17-8-10-18(26)11-9-17/h3-12,29H,13-14H2,1-2H3,(H,28,30). The Morgan fingerprint density at radius 2 is 1.77 bits per heavy atom. The number of halogens is 1. The Bertz CT molecular complexity index is 1230. The van der Waals surface area contributed by atoms with Crippen LogP contribution in [0.2, 0.25) is 0 Å². The normalized spacial score (nSPS) is 11.0. The predicted octanol–water partition coefficient (Wildman–Crippen LogP) is 4.36. The van der Waals surface area contributed by atoms with Crippen molar-refractivity contribution in [1.82, 2.24) is 10.3 Å². The molecule has 0 aliphatic heterocycles. The van der Waals surface area contributed by atoms with Crippen LogP contribution in [-0.4, -0.2) is 25.3 Å². The molecule has 0 aliphatic rings. The summed E-state index contributed by atoms with van der Waals surface area (Å²) in [5.74, 6) is -0.394. The van der Waals surface area contributed by atoms with Crippen molar-refractivity contribution in [2.45, 2.75) is 20.3 Å². The predicted molar refractivity (Wildman–Crippen MR) is 121 cm³/mol. The first-order valence-electron chi connectivity index (χ1n) is 9.95. The monoisotopic (exact) mass is 396 g/mol. The van der Waals surface area contributed by atoms with E-state index in [1.165, 1.54) is 6.07 Å². The van der Waals surface area contributed by atoms with Crippen LogP contribution >= 0.6 is 0 Å². The largest absolute Gasteiger partial charge is 0.356 e. The molecule has 0 spiro atoms. The van der Waals surface area contributed by atoms with Gasteiger partial charge < -0.3 is 10.3 Å². The highest BCUT2D eigenvalue weighted by Crippen LogP contribution is 2.28. The highest BCUT2D eigenvalue weighted by atomic mass is 19.1. The fourth-order valence-corrected chi connectivity index (χ4v) is 3.95. The average molecular weight is 396 g/mol. The summed E-state index contributed by atoms with van der Waals surface area (Å²) in [5, 5.41) is 3.92. The molecule has 0 fully saturated rings. The van der Waals surface area contributed by atoms with Crippen LogP contribution in [0.25, 0.3) is 22.0 Å². The fraction of sp³-hybridized carbons (Fsp3) is 0.160. The molecule has 2 N–H and O–H groups in total. The molecule has 1 heterocycles. The van der Waals surface area contributed by atoms with E-state index < -0.39 is 0 Å². The third-order valence-electron chi connectivity index (χ3n) is 5.48. The number of benzene rings is 3. The molecule has 148 valence electrons. The Kier molecular flexibility index (Phi) is 5.45. The van der Waals surface area contributed by atoms with Gasteiger partial charge in [0.2, 0.25) is 0 Å². The number of carbonyl (C=O) groups is 1. The second kappa shape index (κ2) is 8.19. The van der Waals surface area contributed by atoms with Crippen LogP contribution in [0.15, 0.2) is 60.7 Å². The molecule has 2 radical (unpaired) electrons. The van der Waals surface area contributed by atoms with Crippen LogP contribution in [0, 0.1) is 19.7 Å². The zero-order valence-electron chi connectivity index (χ0n) is 17.1. The van der Waals surface area contributed by atoms with Gasteiger partial charge in [0.15, 0.2) is 0 Å². The van der Waals surface area contributed by atoms with Gasteiger partial charge in [-0.3, -0.25) is 4.79 Å². The van der Waals surface area contributed by atoms with Gasteiger partial charge in [0.05, 0.1) is 5.52 Å². The Morgan fingerprint density at radius 3 is 2.53 bits per heavy atom. The molecule has 1 aromatic heterocycles. The van der Waals surface area contributed by atoms with Crippen molar-refractivity contribution in [2.24, 2.45) is 0 Å². The number of rotatable bonds is 5. The first kappa shape index (κ1) is 20.0. The molecule has 5 heteroatoms. The zero-order chi connectivity index (χ0) is 21.3. The van der Waals surface area contributed by atoms with Crippen molar-refractivity contribution < 1.29 is 9.18 Å². The third-order valence-corrected chi connectivity index (χ3v) is 5.48. The molecule has 4 aromatic rings. The second-order valence-corrected chi connectivity index (χ2v) is 7.52. The number of hydrogen-bond acceptors (Lipinski definition) is 1. The van der Waals surface area contributed by atoms with Crippen LogP contribution in [0.4, 0.5) is 4.39 Å². The van der Waals surface area contributed by atoms with Crippen molar-refractivity contribution in [2.75, 3.05) is 6.54 Å². The van der Waals surface area contributed by atoms with Crippen LogP contribution in [0.5, 0.6) is 0 Å². The molecule has 0 atom stereocenters. The summed E-state index contributed by atoms with van der Waals surface area (Å²) in [6.45, 7) is 4.37. The topological polar surface area (TPSA) is 44.9 Å². The second-order valence-electron chi connectivity index (χ2n) is 7.52. The van der Waals surface area contributed by atoms with Crippen LogP contribution in [0.1, 0.15) is 27.2 Å². The maximum absolute atomic E-state index is 14.2. The molecular weight excluding hydrogens is 374 g/mol. The highest BCUT2D eigenvalue weighted by Gasteiger charge is 2.15. The molecule has 3 nitrogen and oxygen atoms in total. The highest BCUT2D eigenvalue weighted by molar-refractivity contribution is 6.32. The lowest BCUT2D eigenvalue weighted by atomic mass is 9.92. The average Bonchev–Trinajstić information content (AvgIpc) is 3.09. The van der Waals surface area contributed by atoms with Gasteiger partial charge in [0, 0.05) is 23.2 Å². The van der Waals surface area contributed by atoms with Crippen molar-refractivity contribution in [3.8, 4) is 11.1 Å². The Hall–Kier alpha value is -3.34. The molecule has 3 aromatic carbocycles. The molecule has 0 saturated heterocycles. The quantitative estimate of drug-likeness (QED) is 0.484. The van der Waals surface area contributed by atoms with Gasteiger partial charge in [-0.2, -0.15) is 0 Å². The lowest BCUT2D eigenvalue weighted by Gasteiger charge is -2.11. The molecule has 0 unspecified atom stereocenters. The minimum absolute atomic E-state index is 0.136. The molecule has 1 amide bonds. The molecule has 0 saturated carbocycles. The summed E-state index contributed by atoms with van der Waals surface area (Å²) in [6.07, 6.45) is 0.617. The first-order chi connectivity index (χ1) is 14.5. The lowest BCUT2D eigenvalue weighted by molar-refractivity contribution is 0.0955. The summed E-state index contributed by atoms with van der Waals surface area (Å²) in [7, 11) is 5.78. The van der Waals surface area contributed by atoms with E-state index in [9.17, 15) is 9.18 Å². The Balaban J connectivity index is 1.53.